The maximum atomic E-state index is 4.51. The van der Waals surface area contributed by atoms with Crippen LogP contribution in [0.1, 0.15) is 37.5 Å². The second-order valence-corrected chi connectivity index (χ2v) is 9.40. The number of rotatable bonds is 5. The van der Waals surface area contributed by atoms with Crippen molar-refractivity contribution in [1.29, 1.82) is 0 Å². The molecule has 0 saturated heterocycles. The van der Waals surface area contributed by atoms with Crippen molar-refractivity contribution in [2.24, 2.45) is 0 Å². The summed E-state index contributed by atoms with van der Waals surface area (Å²) in [6, 6.07) is 21.3. The van der Waals surface area contributed by atoms with Crippen molar-refractivity contribution in [2.45, 2.75) is 44.0 Å². The molecular formula is C25H26N4S. The highest BCUT2D eigenvalue weighted by atomic mass is 32.2. The van der Waals surface area contributed by atoms with Gasteiger partial charge in [-0.2, -0.15) is 0 Å². The first-order chi connectivity index (χ1) is 14.4. The van der Waals surface area contributed by atoms with Crippen LogP contribution in [0.25, 0.3) is 17.1 Å². The van der Waals surface area contributed by atoms with E-state index in [1.807, 2.05) is 18.3 Å². The zero-order chi connectivity index (χ0) is 21.1. The van der Waals surface area contributed by atoms with Crippen LogP contribution in [0.4, 0.5) is 0 Å². The number of benzene rings is 2. The van der Waals surface area contributed by atoms with Crippen LogP contribution in [0.15, 0.2) is 78.2 Å². The molecule has 0 spiro atoms. The molecular weight excluding hydrogens is 388 g/mol. The third-order valence-corrected chi connectivity index (χ3v) is 6.03. The Morgan fingerprint density at radius 1 is 0.900 bits per heavy atom. The third-order valence-electron chi connectivity index (χ3n) is 5.03. The van der Waals surface area contributed by atoms with E-state index in [9.17, 15) is 0 Å². The monoisotopic (exact) mass is 414 g/mol. The van der Waals surface area contributed by atoms with Gasteiger partial charge in [0.1, 0.15) is 0 Å². The molecule has 2 aromatic heterocycles. The van der Waals surface area contributed by atoms with Gasteiger partial charge in [0.2, 0.25) is 0 Å². The molecule has 30 heavy (non-hydrogen) atoms. The van der Waals surface area contributed by atoms with E-state index in [0.29, 0.717) is 0 Å². The van der Waals surface area contributed by atoms with Gasteiger partial charge in [-0.25, -0.2) is 0 Å². The van der Waals surface area contributed by atoms with E-state index in [-0.39, 0.29) is 5.41 Å². The Morgan fingerprint density at radius 2 is 1.63 bits per heavy atom. The molecule has 4 rings (SSSR count). The van der Waals surface area contributed by atoms with Gasteiger partial charge in [0.05, 0.1) is 0 Å². The van der Waals surface area contributed by atoms with E-state index in [4.69, 9.17) is 0 Å². The standard InChI is InChI=1S/C25H26N4S/c1-18-7-13-22(14-8-18)29-23(20-6-5-15-26-16-20)27-28-24(29)30-17-19-9-11-21(12-10-19)25(2,3)4/h5-16H,17H2,1-4H3. The average molecular weight is 415 g/mol. The summed E-state index contributed by atoms with van der Waals surface area (Å²) in [6.45, 7) is 8.80. The molecule has 0 saturated carbocycles. The van der Waals surface area contributed by atoms with Gasteiger partial charge in [-0.15, -0.1) is 10.2 Å². The van der Waals surface area contributed by atoms with E-state index in [2.05, 4.69) is 96.0 Å². The number of hydrogen-bond acceptors (Lipinski definition) is 4. The summed E-state index contributed by atoms with van der Waals surface area (Å²) >= 11 is 1.70. The van der Waals surface area contributed by atoms with Gasteiger partial charge in [-0.3, -0.25) is 9.55 Å². The summed E-state index contributed by atoms with van der Waals surface area (Å²) in [6.07, 6.45) is 3.60. The van der Waals surface area contributed by atoms with Gasteiger partial charge in [-0.05, 0) is 47.7 Å². The summed E-state index contributed by atoms with van der Waals surface area (Å²) in [5.41, 5.74) is 6.01. The van der Waals surface area contributed by atoms with Gasteiger partial charge in [0.25, 0.3) is 0 Å². The Hall–Kier alpha value is -2.92. The van der Waals surface area contributed by atoms with Crippen molar-refractivity contribution in [1.82, 2.24) is 19.7 Å². The van der Waals surface area contributed by atoms with Gasteiger partial charge in [-0.1, -0.05) is 74.5 Å². The molecule has 0 aliphatic rings. The molecule has 0 unspecified atom stereocenters. The maximum Gasteiger partial charge on any atom is 0.196 e. The molecule has 5 heteroatoms. The van der Waals surface area contributed by atoms with Gasteiger partial charge in [0.15, 0.2) is 11.0 Å². The normalized spacial score (nSPS) is 11.6. The van der Waals surface area contributed by atoms with E-state index in [1.54, 1.807) is 18.0 Å². The second kappa shape index (κ2) is 8.44. The van der Waals surface area contributed by atoms with Gasteiger partial charge >= 0.3 is 0 Å². The van der Waals surface area contributed by atoms with Gasteiger partial charge < -0.3 is 0 Å². The molecule has 0 aliphatic heterocycles. The molecule has 0 radical (unpaired) electrons. The molecule has 0 amide bonds. The largest absolute Gasteiger partial charge is 0.270 e. The number of pyridine rings is 1. The molecule has 0 atom stereocenters. The molecule has 0 N–H and O–H groups in total. The fourth-order valence-electron chi connectivity index (χ4n) is 3.22. The van der Waals surface area contributed by atoms with E-state index in [0.717, 1.165) is 28.0 Å². The number of thioether (sulfide) groups is 1. The number of hydrogen-bond donors (Lipinski definition) is 0. The highest BCUT2D eigenvalue weighted by molar-refractivity contribution is 7.98. The number of nitrogens with zero attached hydrogens (tertiary/aromatic N) is 4. The zero-order valence-electron chi connectivity index (χ0n) is 17.8. The van der Waals surface area contributed by atoms with Crippen molar-refractivity contribution in [3.05, 3.63) is 89.7 Å². The minimum absolute atomic E-state index is 0.163. The van der Waals surface area contributed by atoms with Crippen LogP contribution in [0.3, 0.4) is 0 Å². The van der Waals surface area contributed by atoms with Crippen molar-refractivity contribution < 1.29 is 0 Å². The zero-order valence-corrected chi connectivity index (χ0v) is 18.6. The van der Waals surface area contributed by atoms with E-state index in [1.165, 1.54) is 16.7 Å². The molecule has 4 nitrogen and oxygen atoms in total. The third kappa shape index (κ3) is 4.46. The topological polar surface area (TPSA) is 43.6 Å². The fourth-order valence-corrected chi connectivity index (χ4v) is 4.13. The Labute approximate surface area is 182 Å². The highest BCUT2D eigenvalue weighted by Crippen LogP contribution is 2.30. The molecule has 0 fully saturated rings. The Balaban J connectivity index is 1.65. The van der Waals surface area contributed by atoms with Crippen molar-refractivity contribution in [3.8, 4) is 17.1 Å². The van der Waals surface area contributed by atoms with Crippen LogP contribution in [0.5, 0.6) is 0 Å². The number of aryl methyl sites for hydroxylation is 1. The molecule has 4 aromatic rings. The van der Waals surface area contributed by atoms with Crippen molar-refractivity contribution >= 4 is 11.8 Å². The van der Waals surface area contributed by atoms with Crippen LogP contribution >= 0.6 is 11.8 Å². The Bertz CT molecular complexity index is 1110. The lowest BCUT2D eigenvalue weighted by molar-refractivity contribution is 0.590. The SMILES string of the molecule is Cc1ccc(-n2c(SCc3ccc(C(C)(C)C)cc3)nnc2-c2cccnc2)cc1. The van der Waals surface area contributed by atoms with Crippen LogP contribution in [0, 0.1) is 6.92 Å². The van der Waals surface area contributed by atoms with E-state index >= 15 is 0 Å². The van der Waals surface area contributed by atoms with Gasteiger partial charge in [0, 0.05) is 29.4 Å². The number of aromatic nitrogens is 4. The predicted molar refractivity (Wildman–Crippen MR) is 124 cm³/mol. The van der Waals surface area contributed by atoms with Crippen LogP contribution < -0.4 is 0 Å². The van der Waals surface area contributed by atoms with E-state index < -0.39 is 0 Å². The lowest BCUT2D eigenvalue weighted by Crippen LogP contribution is -2.10. The first-order valence-corrected chi connectivity index (χ1v) is 11.1. The molecule has 152 valence electrons. The lowest BCUT2D eigenvalue weighted by atomic mass is 9.87. The first kappa shape index (κ1) is 20.4. The summed E-state index contributed by atoms with van der Waals surface area (Å²) < 4.78 is 2.12. The average Bonchev–Trinajstić information content (AvgIpc) is 3.17. The van der Waals surface area contributed by atoms with Crippen LogP contribution in [-0.4, -0.2) is 19.7 Å². The predicted octanol–water partition coefficient (Wildman–Crippen LogP) is 6.23. The van der Waals surface area contributed by atoms with Crippen molar-refractivity contribution in [3.63, 3.8) is 0 Å². The highest BCUT2D eigenvalue weighted by Gasteiger charge is 2.17. The molecule has 2 aromatic carbocycles. The Morgan fingerprint density at radius 3 is 2.27 bits per heavy atom. The summed E-state index contributed by atoms with van der Waals surface area (Å²) in [5.74, 6) is 1.64. The molecule has 2 heterocycles. The summed E-state index contributed by atoms with van der Waals surface area (Å²) in [5, 5.41) is 9.88. The summed E-state index contributed by atoms with van der Waals surface area (Å²) in [7, 11) is 0. The van der Waals surface area contributed by atoms with Crippen LogP contribution in [0.2, 0.25) is 0 Å². The molecule has 0 aliphatic carbocycles. The Kier molecular flexibility index (Phi) is 5.73. The smallest absolute Gasteiger partial charge is 0.196 e. The maximum absolute atomic E-state index is 4.51. The fraction of sp³-hybridized carbons (Fsp3) is 0.240. The van der Waals surface area contributed by atoms with Crippen LogP contribution in [-0.2, 0) is 11.2 Å². The summed E-state index contributed by atoms with van der Waals surface area (Å²) in [4.78, 5) is 4.25. The quantitative estimate of drug-likeness (QED) is 0.363. The molecule has 0 bridgehead atoms. The first-order valence-electron chi connectivity index (χ1n) is 10.1. The van der Waals surface area contributed by atoms with Crippen molar-refractivity contribution in [2.75, 3.05) is 0 Å². The second-order valence-electron chi connectivity index (χ2n) is 8.45. The minimum Gasteiger partial charge on any atom is -0.270 e. The lowest BCUT2D eigenvalue weighted by Gasteiger charge is -2.19. The minimum atomic E-state index is 0.163.